The molecule has 10 heavy (non-hydrogen) atoms. The molecule has 0 amide bonds. The molecule has 0 atom stereocenters. The number of hydrogen-bond donors (Lipinski definition) is 0. The van der Waals surface area contributed by atoms with E-state index in [1.807, 2.05) is 0 Å². The standard InChI is InChI=1S/C5H5.C4H9.Ti/c1-2-4-5-3-1;1-4(2)3;/h1-3H,4H2;1-3H3;. The molecule has 0 bridgehead atoms. The van der Waals surface area contributed by atoms with Gasteiger partial charge in [0.1, 0.15) is 0 Å². The van der Waals surface area contributed by atoms with Gasteiger partial charge < -0.3 is 0 Å². The summed E-state index contributed by atoms with van der Waals surface area (Å²) in [6, 6.07) is 0. The van der Waals surface area contributed by atoms with E-state index in [0.717, 1.165) is 0 Å². The van der Waals surface area contributed by atoms with E-state index in [1.165, 1.54) is 6.42 Å². The van der Waals surface area contributed by atoms with E-state index in [0.29, 0.717) is 3.72 Å². The maximum absolute atomic E-state index is 2.34. The van der Waals surface area contributed by atoms with Crippen molar-refractivity contribution in [2.45, 2.75) is 30.9 Å². The molecule has 0 unspecified atom stereocenters. The second kappa shape index (κ2) is 3.06. The zero-order valence-corrected chi connectivity index (χ0v) is 8.50. The molecule has 0 saturated heterocycles. The Balaban J connectivity index is 2.41. The number of rotatable bonds is 1. The first-order chi connectivity index (χ1) is 4.58. The predicted molar refractivity (Wildman–Crippen MR) is 41.6 cm³/mol. The van der Waals surface area contributed by atoms with Crippen LogP contribution in [0.25, 0.3) is 0 Å². The maximum atomic E-state index is 2.34. The monoisotopic (exact) mass is 170 g/mol. The first kappa shape index (κ1) is 8.29. The summed E-state index contributed by atoms with van der Waals surface area (Å²) in [5.41, 5.74) is 0. The molecule has 0 saturated carbocycles. The Hall–Kier alpha value is 0.194. The van der Waals surface area contributed by atoms with E-state index >= 15 is 0 Å². The van der Waals surface area contributed by atoms with Gasteiger partial charge in [0, 0.05) is 0 Å². The van der Waals surface area contributed by atoms with E-state index in [2.05, 4.69) is 39.0 Å². The van der Waals surface area contributed by atoms with Crippen LogP contribution in [0.1, 0.15) is 27.2 Å². The van der Waals surface area contributed by atoms with E-state index in [9.17, 15) is 0 Å². The summed E-state index contributed by atoms with van der Waals surface area (Å²) in [5.74, 6) is 0. The zero-order chi connectivity index (χ0) is 7.61. The summed E-state index contributed by atoms with van der Waals surface area (Å²) in [6.45, 7) is 7.02. The molecule has 0 aromatic heterocycles. The summed E-state index contributed by atoms with van der Waals surface area (Å²) < 4.78 is 2.28. The van der Waals surface area contributed by atoms with Crippen molar-refractivity contribution in [1.82, 2.24) is 0 Å². The summed E-state index contributed by atoms with van der Waals surface area (Å²) in [4.78, 5) is 0. The van der Waals surface area contributed by atoms with Crippen molar-refractivity contribution in [2.24, 2.45) is 0 Å². The normalized spacial score (nSPS) is 17.3. The molecule has 0 aromatic carbocycles. The SMILES string of the molecule is C[C](C)(C)[Ti][C]1=CC=CC1. The van der Waals surface area contributed by atoms with Gasteiger partial charge in [-0.15, -0.1) is 0 Å². The van der Waals surface area contributed by atoms with Gasteiger partial charge in [0.05, 0.1) is 0 Å². The molecule has 0 aromatic rings. The minimum atomic E-state index is 0.146. The van der Waals surface area contributed by atoms with Crippen LogP contribution in [0.15, 0.2) is 22.1 Å². The Bertz CT molecular complexity index is 170. The van der Waals surface area contributed by atoms with Gasteiger partial charge in [-0.1, -0.05) is 0 Å². The van der Waals surface area contributed by atoms with Crippen molar-refractivity contribution in [2.75, 3.05) is 0 Å². The van der Waals surface area contributed by atoms with E-state index in [1.54, 1.807) is 3.88 Å². The van der Waals surface area contributed by atoms with Crippen LogP contribution in [0, 0.1) is 0 Å². The summed E-state index contributed by atoms with van der Waals surface area (Å²) >= 11 is 0.146. The van der Waals surface area contributed by atoms with Gasteiger partial charge in [-0.2, -0.15) is 0 Å². The van der Waals surface area contributed by atoms with Crippen LogP contribution in [-0.4, -0.2) is 0 Å². The molecule has 1 rings (SSSR count). The Labute approximate surface area is 72.3 Å². The zero-order valence-electron chi connectivity index (χ0n) is 6.94. The van der Waals surface area contributed by atoms with Crippen molar-refractivity contribution in [3.05, 3.63) is 22.1 Å². The van der Waals surface area contributed by atoms with Crippen molar-refractivity contribution in [3.63, 3.8) is 0 Å². The average Bonchev–Trinajstić information content (AvgIpc) is 2.12. The molecule has 0 nitrogen and oxygen atoms in total. The topological polar surface area (TPSA) is 0 Å². The van der Waals surface area contributed by atoms with Gasteiger partial charge in [-0.25, -0.2) is 0 Å². The molecule has 0 heterocycles. The van der Waals surface area contributed by atoms with Crippen molar-refractivity contribution < 1.29 is 19.2 Å². The van der Waals surface area contributed by atoms with Crippen LogP contribution in [-0.2, 0) is 19.2 Å². The van der Waals surface area contributed by atoms with Crippen LogP contribution in [0.2, 0.25) is 3.72 Å². The number of hydrogen-bond acceptors (Lipinski definition) is 0. The Morgan fingerprint density at radius 2 is 2.10 bits per heavy atom. The molecular formula is C9H14Ti. The molecular weight excluding hydrogens is 156 g/mol. The second-order valence-corrected chi connectivity index (χ2v) is 7.43. The summed E-state index contributed by atoms with van der Waals surface area (Å²) in [7, 11) is 0. The predicted octanol–water partition coefficient (Wildman–Crippen LogP) is 3.13. The van der Waals surface area contributed by atoms with Gasteiger partial charge >= 0.3 is 72.2 Å². The van der Waals surface area contributed by atoms with Crippen LogP contribution >= 0.6 is 0 Å². The third-order valence-electron chi connectivity index (χ3n) is 1.31. The van der Waals surface area contributed by atoms with Crippen LogP contribution < -0.4 is 0 Å². The third kappa shape index (κ3) is 2.85. The van der Waals surface area contributed by atoms with Crippen molar-refractivity contribution in [1.29, 1.82) is 0 Å². The molecule has 1 heteroatoms. The minimum absolute atomic E-state index is 0.146. The van der Waals surface area contributed by atoms with Gasteiger partial charge in [0.2, 0.25) is 0 Å². The van der Waals surface area contributed by atoms with Gasteiger partial charge in [0.25, 0.3) is 0 Å². The summed E-state index contributed by atoms with van der Waals surface area (Å²) in [6.07, 6.45) is 7.97. The first-order valence-electron chi connectivity index (χ1n) is 3.72. The van der Waals surface area contributed by atoms with Gasteiger partial charge in [-0.05, 0) is 0 Å². The Morgan fingerprint density at radius 3 is 2.50 bits per heavy atom. The van der Waals surface area contributed by atoms with E-state index < -0.39 is 0 Å². The average molecular weight is 170 g/mol. The van der Waals surface area contributed by atoms with Gasteiger partial charge in [0.15, 0.2) is 0 Å². The Morgan fingerprint density at radius 1 is 1.40 bits per heavy atom. The molecule has 1 aliphatic carbocycles. The molecule has 0 fully saturated rings. The molecule has 0 spiro atoms. The summed E-state index contributed by atoms with van der Waals surface area (Å²) in [5, 5.41) is 0. The van der Waals surface area contributed by atoms with E-state index in [4.69, 9.17) is 0 Å². The molecule has 0 aliphatic heterocycles. The van der Waals surface area contributed by atoms with Crippen molar-refractivity contribution >= 4 is 0 Å². The van der Waals surface area contributed by atoms with E-state index in [-0.39, 0.29) is 19.2 Å². The van der Waals surface area contributed by atoms with Crippen LogP contribution in [0.3, 0.4) is 0 Å². The molecule has 54 valence electrons. The molecule has 0 N–H and O–H groups in total. The number of allylic oxidation sites excluding steroid dienone is 4. The van der Waals surface area contributed by atoms with Crippen LogP contribution in [0.5, 0.6) is 0 Å². The quantitative estimate of drug-likeness (QED) is 0.530. The fourth-order valence-electron chi connectivity index (χ4n) is 1.02. The fourth-order valence-corrected chi connectivity index (χ4v) is 3.15. The second-order valence-electron chi connectivity index (χ2n) is 3.70. The fraction of sp³-hybridized carbons (Fsp3) is 0.556. The van der Waals surface area contributed by atoms with Crippen molar-refractivity contribution in [3.8, 4) is 0 Å². The third-order valence-corrected chi connectivity index (χ3v) is 3.56. The Kier molecular flexibility index (Phi) is 2.54. The first-order valence-corrected chi connectivity index (χ1v) is 5.28. The van der Waals surface area contributed by atoms with Crippen LogP contribution in [0.4, 0.5) is 0 Å². The molecule has 1 aliphatic rings. The molecule has 0 radical (unpaired) electrons. The van der Waals surface area contributed by atoms with Gasteiger partial charge in [-0.3, -0.25) is 0 Å².